The van der Waals surface area contributed by atoms with E-state index in [-0.39, 0.29) is 12.4 Å². The van der Waals surface area contributed by atoms with Crippen molar-refractivity contribution in [3.63, 3.8) is 0 Å². The van der Waals surface area contributed by atoms with Crippen LogP contribution in [0, 0.1) is 5.82 Å². The summed E-state index contributed by atoms with van der Waals surface area (Å²) in [5.74, 6) is -0.834. The van der Waals surface area contributed by atoms with Gasteiger partial charge in [-0.3, -0.25) is 4.98 Å². The third kappa shape index (κ3) is 4.14. The van der Waals surface area contributed by atoms with Gasteiger partial charge in [-0.15, -0.1) is 0 Å². The number of anilines is 1. The molecule has 0 radical (unpaired) electrons. The summed E-state index contributed by atoms with van der Waals surface area (Å²) in [4.78, 5) is 16.5. The minimum absolute atomic E-state index is 0.270. The molecule has 0 atom stereocenters. The lowest BCUT2D eigenvalue weighted by Gasteiger charge is -2.16. The molecule has 3 rings (SSSR count). The van der Waals surface area contributed by atoms with Crippen molar-refractivity contribution in [2.24, 2.45) is 0 Å². The summed E-state index contributed by atoms with van der Waals surface area (Å²) in [5, 5.41) is 3.86. The first-order chi connectivity index (χ1) is 12.2. The fourth-order valence-corrected chi connectivity index (χ4v) is 2.86. The maximum Gasteiger partial charge on any atom is 0.341 e. The van der Waals surface area contributed by atoms with Crippen LogP contribution in [0.2, 0.25) is 0 Å². The van der Waals surface area contributed by atoms with E-state index in [1.165, 1.54) is 23.9 Å². The number of aromatic nitrogens is 1. The number of nitrogens with zero attached hydrogens (tertiary/aromatic N) is 1. The Kier molecular flexibility index (Phi) is 5.60. The molecule has 0 saturated heterocycles. The van der Waals surface area contributed by atoms with Gasteiger partial charge in [-0.2, -0.15) is 0 Å². The number of benzene rings is 1. The molecule has 0 fully saturated rings. The zero-order valence-corrected chi connectivity index (χ0v) is 14.2. The number of hydrogen-bond donors (Lipinski definition) is 1. The zero-order chi connectivity index (χ0) is 17.6. The number of ether oxygens (including phenoxy) is 2. The fraction of sp³-hybridized carbons (Fsp3) is 0.368. The summed E-state index contributed by atoms with van der Waals surface area (Å²) in [6, 6.07) is 4.35. The third-order valence-corrected chi connectivity index (χ3v) is 4.13. The van der Waals surface area contributed by atoms with E-state index in [1.54, 1.807) is 13.0 Å². The van der Waals surface area contributed by atoms with Gasteiger partial charge in [0.15, 0.2) is 0 Å². The van der Waals surface area contributed by atoms with Gasteiger partial charge in [-0.05, 0) is 38.0 Å². The van der Waals surface area contributed by atoms with E-state index >= 15 is 0 Å². The highest BCUT2D eigenvalue weighted by atomic mass is 19.1. The second kappa shape index (κ2) is 8.07. The smallest absolute Gasteiger partial charge is 0.341 e. The van der Waals surface area contributed by atoms with Crippen molar-refractivity contribution >= 4 is 22.6 Å². The van der Waals surface area contributed by atoms with E-state index in [4.69, 9.17) is 9.47 Å². The molecule has 0 unspecified atom stereocenters. The van der Waals surface area contributed by atoms with Crippen LogP contribution in [0.25, 0.3) is 10.9 Å². The van der Waals surface area contributed by atoms with Gasteiger partial charge >= 0.3 is 5.97 Å². The molecule has 6 heteroatoms. The molecule has 2 aromatic rings. The molecule has 2 heterocycles. The number of esters is 1. The number of carbonyl (C=O) groups is 1. The molecule has 0 spiro atoms. The van der Waals surface area contributed by atoms with Gasteiger partial charge in [0.25, 0.3) is 0 Å². The highest BCUT2D eigenvalue weighted by Crippen LogP contribution is 2.28. The molecule has 0 aliphatic carbocycles. The van der Waals surface area contributed by atoms with E-state index in [0.29, 0.717) is 35.3 Å². The summed E-state index contributed by atoms with van der Waals surface area (Å²) < 4.78 is 24.1. The Bertz CT molecular complexity index is 805. The number of rotatable bonds is 6. The van der Waals surface area contributed by atoms with Crippen LogP contribution in [-0.2, 0) is 9.47 Å². The van der Waals surface area contributed by atoms with Gasteiger partial charge < -0.3 is 14.8 Å². The Morgan fingerprint density at radius 1 is 1.44 bits per heavy atom. The Morgan fingerprint density at radius 3 is 3.08 bits per heavy atom. The largest absolute Gasteiger partial charge is 0.462 e. The molecule has 5 nitrogen and oxygen atoms in total. The highest BCUT2D eigenvalue weighted by Gasteiger charge is 2.17. The molecule has 132 valence electrons. The Hall–Kier alpha value is -2.47. The lowest BCUT2D eigenvalue weighted by atomic mass is 10.1. The summed E-state index contributed by atoms with van der Waals surface area (Å²) in [7, 11) is 0. The van der Waals surface area contributed by atoms with E-state index in [0.717, 1.165) is 19.4 Å². The molecule has 1 aromatic carbocycles. The standard InChI is InChI=1S/C19H21FN2O3/c1-2-25-19(23)16-12-22-17-4-3-14(20)11-15(17)18(16)21-8-5-13-6-9-24-10-7-13/h3-4,6,11-12H,2,5,7-10H2,1H3,(H,21,22). The van der Waals surface area contributed by atoms with Crippen molar-refractivity contribution in [2.45, 2.75) is 19.8 Å². The Balaban J connectivity index is 1.88. The first-order valence-electron chi connectivity index (χ1n) is 8.44. The molecular weight excluding hydrogens is 323 g/mol. The maximum atomic E-state index is 13.7. The van der Waals surface area contributed by atoms with E-state index < -0.39 is 5.97 Å². The van der Waals surface area contributed by atoms with Gasteiger partial charge in [-0.25, -0.2) is 9.18 Å². The molecular formula is C19H21FN2O3. The number of hydrogen-bond acceptors (Lipinski definition) is 5. The molecule has 1 aromatic heterocycles. The fourth-order valence-electron chi connectivity index (χ4n) is 2.86. The van der Waals surface area contributed by atoms with Gasteiger partial charge in [-0.1, -0.05) is 11.6 Å². The van der Waals surface area contributed by atoms with Crippen molar-refractivity contribution in [2.75, 3.05) is 31.7 Å². The Morgan fingerprint density at radius 2 is 2.32 bits per heavy atom. The summed E-state index contributed by atoms with van der Waals surface area (Å²) in [5.41, 5.74) is 2.83. The average molecular weight is 344 g/mol. The van der Waals surface area contributed by atoms with Crippen LogP contribution in [-0.4, -0.2) is 37.3 Å². The first kappa shape index (κ1) is 17.4. The van der Waals surface area contributed by atoms with E-state index in [9.17, 15) is 9.18 Å². The van der Waals surface area contributed by atoms with Crippen molar-refractivity contribution in [3.8, 4) is 0 Å². The lowest BCUT2D eigenvalue weighted by Crippen LogP contribution is -2.13. The third-order valence-electron chi connectivity index (χ3n) is 4.13. The van der Waals surface area contributed by atoms with Crippen LogP contribution in [0.1, 0.15) is 30.1 Å². The quantitative estimate of drug-likeness (QED) is 0.639. The maximum absolute atomic E-state index is 13.7. The second-order valence-corrected chi connectivity index (χ2v) is 5.79. The summed E-state index contributed by atoms with van der Waals surface area (Å²) >= 11 is 0. The van der Waals surface area contributed by atoms with Gasteiger partial charge in [0, 0.05) is 18.1 Å². The van der Waals surface area contributed by atoms with E-state index in [2.05, 4.69) is 16.4 Å². The molecule has 0 amide bonds. The van der Waals surface area contributed by atoms with Crippen molar-refractivity contribution in [3.05, 3.63) is 47.4 Å². The molecule has 25 heavy (non-hydrogen) atoms. The number of nitrogens with one attached hydrogen (secondary N) is 1. The summed E-state index contributed by atoms with van der Waals surface area (Å²) in [6.07, 6.45) is 5.32. The number of halogens is 1. The van der Waals surface area contributed by atoms with Crippen LogP contribution >= 0.6 is 0 Å². The SMILES string of the molecule is CCOC(=O)c1cnc2ccc(F)cc2c1NCCC1=CCOCC1. The molecule has 1 aliphatic rings. The van der Waals surface area contributed by atoms with Crippen molar-refractivity contribution in [1.82, 2.24) is 4.98 Å². The van der Waals surface area contributed by atoms with Crippen LogP contribution in [0.15, 0.2) is 36.0 Å². The second-order valence-electron chi connectivity index (χ2n) is 5.79. The minimum Gasteiger partial charge on any atom is -0.462 e. The molecule has 0 saturated carbocycles. The monoisotopic (exact) mass is 344 g/mol. The average Bonchev–Trinajstić information content (AvgIpc) is 2.63. The molecule has 1 N–H and O–H groups in total. The van der Waals surface area contributed by atoms with Gasteiger partial charge in [0.2, 0.25) is 0 Å². The zero-order valence-electron chi connectivity index (χ0n) is 14.2. The predicted octanol–water partition coefficient (Wildman–Crippen LogP) is 3.70. The van der Waals surface area contributed by atoms with Gasteiger partial charge in [0.05, 0.1) is 31.0 Å². The van der Waals surface area contributed by atoms with Crippen LogP contribution in [0.5, 0.6) is 0 Å². The highest BCUT2D eigenvalue weighted by molar-refractivity contribution is 6.04. The minimum atomic E-state index is -0.464. The van der Waals surface area contributed by atoms with Crippen molar-refractivity contribution in [1.29, 1.82) is 0 Å². The number of carbonyl (C=O) groups excluding carboxylic acids is 1. The molecule has 1 aliphatic heterocycles. The molecule has 0 bridgehead atoms. The topological polar surface area (TPSA) is 60.5 Å². The van der Waals surface area contributed by atoms with E-state index in [1.807, 2.05) is 0 Å². The Labute approximate surface area is 145 Å². The first-order valence-corrected chi connectivity index (χ1v) is 8.44. The van der Waals surface area contributed by atoms with Crippen LogP contribution < -0.4 is 5.32 Å². The van der Waals surface area contributed by atoms with Crippen LogP contribution in [0.3, 0.4) is 0 Å². The normalized spacial score (nSPS) is 14.2. The predicted molar refractivity (Wildman–Crippen MR) is 94.3 cm³/mol. The number of pyridine rings is 1. The lowest BCUT2D eigenvalue weighted by molar-refractivity contribution is 0.0527. The van der Waals surface area contributed by atoms with Crippen molar-refractivity contribution < 1.29 is 18.7 Å². The van der Waals surface area contributed by atoms with Crippen LogP contribution in [0.4, 0.5) is 10.1 Å². The summed E-state index contributed by atoms with van der Waals surface area (Å²) in [6.45, 7) is 4.03. The van der Waals surface area contributed by atoms with Gasteiger partial charge in [0.1, 0.15) is 11.4 Å². The number of fused-ring (bicyclic) bond motifs is 1.